The van der Waals surface area contributed by atoms with Crippen molar-refractivity contribution in [2.24, 2.45) is 5.84 Å². The Kier molecular flexibility index (Phi) is 6.40. The maximum Gasteiger partial charge on any atom is 0.124 e. The lowest BCUT2D eigenvalue weighted by atomic mass is 10.1. The Balaban J connectivity index is 2.85. The Morgan fingerprint density at radius 2 is 2.06 bits per heavy atom. The summed E-state index contributed by atoms with van der Waals surface area (Å²) >= 11 is 1.87. The molecule has 3 nitrogen and oxygen atoms in total. The van der Waals surface area contributed by atoms with Crippen molar-refractivity contribution in [1.82, 2.24) is 5.43 Å². The van der Waals surface area contributed by atoms with Crippen LogP contribution in [0.2, 0.25) is 0 Å². The lowest BCUT2D eigenvalue weighted by Crippen LogP contribution is -2.30. The Morgan fingerprint density at radius 1 is 1.35 bits per heavy atom. The molecule has 0 aliphatic carbocycles. The Bertz CT molecular complexity index is 331. The van der Waals surface area contributed by atoms with Gasteiger partial charge < -0.3 is 4.74 Å². The van der Waals surface area contributed by atoms with Crippen molar-refractivity contribution in [3.05, 3.63) is 29.8 Å². The van der Waals surface area contributed by atoms with Crippen LogP contribution in [0.3, 0.4) is 0 Å². The van der Waals surface area contributed by atoms with E-state index >= 15 is 0 Å². The molecule has 0 spiro atoms. The minimum Gasteiger partial charge on any atom is -0.491 e. The Hall–Kier alpha value is -0.710. The molecule has 0 saturated heterocycles. The van der Waals surface area contributed by atoms with Crippen molar-refractivity contribution >= 4 is 11.8 Å². The molecule has 3 N–H and O–H groups in total. The number of ether oxygens (including phenoxy) is 1. The topological polar surface area (TPSA) is 47.3 Å². The highest BCUT2D eigenvalue weighted by atomic mass is 32.2. The third-order valence-corrected chi connectivity index (χ3v) is 3.32. The number of thioether (sulfide) groups is 1. The quantitative estimate of drug-likeness (QED) is 0.580. The van der Waals surface area contributed by atoms with Crippen LogP contribution < -0.4 is 16.0 Å². The van der Waals surface area contributed by atoms with Gasteiger partial charge in [-0.3, -0.25) is 11.3 Å². The van der Waals surface area contributed by atoms with Crippen molar-refractivity contribution in [2.75, 3.05) is 11.5 Å². The van der Waals surface area contributed by atoms with E-state index in [2.05, 4.69) is 18.4 Å². The molecule has 0 heterocycles. The standard InChI is InChI=1S/C13H22N2OS/c1-4-17-9-12(15-14)11-7-5-6-8-13(11)16-10(2)3/h5-8,10,12,15H,4,9,14H2,1-3H3. The summed E-state index contributed by atoms with van der Waals surface area (Å²) in [6.07, 6.45) is 0.174. The van der Waals surface area contributed by atoms with Gasteiger partial charge in [-0.25, -0.2) is 0 Å². The maximum absolute atomic E-state index is 5.80. The molecule has 0 aromatic heterocycles. The lowest BCUT2D eigenvalue weighted by Gasteiger charge is -2.20. The summed E-state index contributed by atoms with van der Waals surface area (Å²) in [5.41, 5.74) is 4.00. The number of hydrogen-bond acceptors (Lipinski definition) is 4. The fourth-order valence-corrected chi connectivity index (χ4v) is 2.34. The molecule has 0 radical (unpaired) electrons. The highest BCUT2D eigenvalue weighted by molar-refractivity contribution is 7.99. The van der Waals surface area contributed by atoms with Crippen molar-refractivity contribution in [3.63, 3.8) is 0 Å². The number of benzene rings is 1. The maximum atomic E-state index is 5.80. The van der Waals surface area contributed by atoms with Crippen LogP contribution in [0.4, 0.5) is 0 Å². The van der Waals surface area contributed by atoms with Crippen molar-refractivity contribution < 1.29 is 4.74 Å². The Morgan fingerprint density at radius 3 is 2.65 bits per heavy atom. The van der Waals surface area contributed by atoms with Crippen molar-refractivity contribution in [3.8, 4) is 5.75 Å². The van der Waals surface area contributed by atoms with Gasteiger partial charge in [0, 0.05) is 11.3 Å². The molecule has 1 rings (SSSR count). The largest absolute Gasteiger partial charge is 0.491 e. The zero-order valence-electron chi connectivity index (χ0n) is 10.8. The molecular weight excluding hydrogens is 232 g/mol. The van der Waals surface area contributed by atoms with E-state index in [1.165, 1.54) is 0 Å². The fraction of sp³-hybridized carbons (Fsp3) is 0.538. The second kappa shape index (κ2) is 7.58. The van der Waals surface area contributed by atoms with Gasteiger partial charge in [-0.15, -0.1) is 0 Å². The van der Waals surface area contributed by atoms with Crippen LogP contribution in [0.15, 0.2) is 24.3 Å². The van der Waals surface area contributed by atoms with Gasteiger partial charge in [-0.05, 0) is 25.7 Å². The first-order valence-electron chi connectivity index (χ1n) is 5.98. The zero-order chi connectivity index (χ0) is 12.7. The number of hydrazine groups is 1. The average molecular weight is 254 g/mol. The lowest BCUT2D eigenvalue weighted by molar-refractivity contribution is 0.238. The summed E-state index contributed by atoms with van der Waals surface area (Å²) in [5, 5.41) is 0. The van der Waals surface area contributed by atoms with E-state index in [1.54, 1.807) is 0 Å². The summed E-state index contributed by atoms with van der Waals surface area (Å²) in [7, 11) is 0. The van der Waals surface area contributed by atoms with E-state index in [0.29, 0.717) is 0 Å². The predicted octanol–water partition coefficient (Wildman–Crippen LogP) is 2.73. The van der Waals surface area contributed by atoms with Crippen LogP contribution in [0.1, 0.15) is 32.4 Å². The molecule has 1 unspecified atom stereocenters. The molecule has 0 amide bonds. The summed E-state index contributed by atoms with van der Waals surface area (Å²) in [6.45, 7) is 6.21. The average Bonchev–Trinajstić information content (AvgIpc) is 2.31. The number of hydrogen-bond donors (Lipinski definition) is 2. The minimum atomic E-state index is 0.134. The molecule has 17 heavy (non-hydrogen) atoms. The highest BCUT2D eigenvalue weighted by Crippen LogP contribution is 2.27. The monoisotopic (exact) mass is 254 g/mol. The van der Waals surface area contributed by atoms with Crippen LogP contribution in [0.5, 0.6) is 5.75 Å². The third-order valence-electron chi connectivity index (χ3n) is 2.35. The van der Waals surface area contributed by atoms with Crippen LogP contribution in [0, 0.1) is 0 Å². The van der Waals surface area contributed by atoms with E-state index in [9.17, 15) is 0 Å². The molecule has 4 heteroatoms. The van der Waals surface area contributed by atoms with Crippen molar-refractivity contribution in [1.29, 1.82) is 0 Å². The third kappa shape index (κ3) is 4.58. The molecule has 0 saturated carbocycles. The second-order valence-corrected chi connectivity index (χ2v) is 5.40. The van der Waals surface area contributed by atoms with Gasteiger partial charge in [-0.1, -0.05) is 25.1 Å². The van der Waals surface area contributed by atoms with Gasteiger partial charge in [0.25, 0.3) is 0 Å². The molecule has 96 valence electrons. The van der Waals surface area contributed by atoms with E-state index < -0.39 is 0 Å². The SMILES string of the molecule is CCSCC(NN)c1ccccc1OC(C)C. The first-order chi connectivity index (χ1) is 8.19. The number of nitrogens with two attached hydrogens (primary N) is 1. The van der Waals surface area contributed by atoms with E-state index in [0.717, 1.165) is 22.8 Å². The molecular formula is C13H22N2OS. The van der Waals surface area contributed by atoms with Crippen LogP contribution in [-0.4, -0.2) is 17.6 Å². The van der Waals surface area contributed by atoms with Crippen molar-refractivity contribution in [2.45, 2.75) is 32.9 Å². The minimum absolute atomic E-state index is 0.134. The molecule has 0 fully saturated rings. The summed E-state index contributed by atoms with van der Waals surface area (Å²) in [4.78, 5) is 0. The number of rotatable bonds is 7. The summed E-state index contributed by atoms with van der Waals surface area (Å²) in [5.74, 6) is 8.58. The van der Waals surface area contributed by atoms with Gasteiger partial charge in [0.2, 0.25) is 0 Å². The van der Waals surface area contributed by atoms with E-state index in [4.69, 9.17) is 10.6 Å². The van der Waals surface area contributed by atoms with Crippen LogP contribution >= 0.6 is 11.8 Å². The molecule has 1 aromatic carbocycles. The fourth-order valence-electron chi connectivity index (χ4n) is 1.59. The molecule has 0 aliphatic heterocycles. The molecule has 1 atom stereocenters. The zero-order valence-corrected chi connectivity index (χ0v) is 11.6. The Labute approximate surface area is 108 Å². The predicted molar refractivity (Wildman–Crippen MR) is 75.3 cm³/mol. The van der Waals surface area contributed by atoms with Gasteiger partial charge in [-0.2, -0.15) is 11.8 Å². The number of nitrogens with one attached hydrogen (secondary N) is 1. The van der Waals surface area contributed by atoms with Gasteiger partial charge in [0.15, 0.2) is 0 Å². The van der Waals surface area contributed by atoms with Gasteiger partial charge in [0.05, 0.1) is 12.1 Å². The summed E-state index contributed by atoms with van der Waals surface area (Å²) < 4.78 is 5.80. The van der Waals surface area contributed by atoms with Crippen LogP contribution in [-0.2, 0) is 0 Å². The first kappa shape index (κ1) is 14.4. The molecule has 1 aromatic rings. The normalized spacial score (nSPS) is 12.8. The first-order valence-corrected chi connectivity index (χ1v) is 7.14. The van der Waals surface area contributed by atoms with Gasteiger partial charge in [0.1, 0.15) is 5.75 Å². The van der Waals surface area contributed by atoms with Gasteiger partial charge >= 0.3 is 0 Å². The smallest absolute Gasteiger partial charge is 0.124 e. The second-order valence-electron chi connectivity index (χ2n) is 4.08. The van der Waals surface area contributed by atoms with E-state index in [1.807, 2.05) is 43.8 Å². The number of para-hydroxylation sites is 1. The summed E-state index contributed by atoms with van der Waals surface area (Å²) in [6, 6.07) is 8.20. The van der Waals surface area contributed by atoms with E-state index in [-0.39, 0.29) is 12.1 Å². The van der Waals surface area contributed by atoms with Crippen LogP contribution in [0.25, 0.3) is 0 Å². The molecule has 0 aliphatic rings. The molecule has 0 bridgehead atoms. The highest BCUT2D eigenvalue weighted by Gasteiger charge is 2.14.